The summed E-state index contributed by atoms with van der Waals surface area (Å²) in [7, 11) is 2.11. The summed E-state index contributed by atoms with van der Waals surface area (Å²) >= 11 is 0. The molecule has 8 heteroatoms. The predicted octanol–water partition coefficient (Wildman–Crippen LogP) is 6.09. The van der Waals surface area contributed by atoms with Crippen LogP contribution in [0.2, 0.25) is 0 Å². The average molecular weight is 623 g/mol. The normalized spacial score (nSPS) is 18.6. The van der Waals surface area contributed by atoms with Gasteiger partial charge >= 0.3 is 5.97 Å². The fraction of sp³-hybridized carbons (Fsp3) is 0.316. The van der Waals surface area contributed by atoms with Crippen molar-refractivity contribution < 1.29 is 28.9 Å². The molecule has 8 nitrogen and oxygen atoms in total. The van der Waals surface area contributed by atoms with Gasteiger partial charge in [-0.3, -0.25) is 14.5 Å². The average Bonchev–Trinajstić information content (AvgIpc) is 3.07. The molecule has 2 N–H and O–H groups in total. The summed E-state index contributed by atoms with van der Waals surface area (Å²) < 4.78 is 18.1. The Bertz CT molecular complexity index is 1580. The van der Waals surface area contributed by atoms with Gasteiger partial charge in [-0.1, -0.05) is 97.1 Å². The summed E-state index contributed by atoms with van der Waals surface area (Å²) in [6.45, 7) is 4.73. The molecular formula is C38H42N2O6. The summed E-state index contributed by atoms with van der Waals surface area (Å²) in [5, 5.41) is 12.3. The maximum absolute atomic E-state index is 12.3. The molecule has 1 amide bonds. The molecule has 4 unspecified atom stereocenters. The quantitative estimate of drug-likeness (QED) is 0.185. The maximum atomic E-state index is 12.3. The van der Waals surface area contributed by atoms with Crippen molar-refractivity contribution in [1.82, 2.24) is 10.2 Å². The lowest BCUT2D eigenvalue weighted by molar-refractivity contribution is -0.252. The number of aliphatic hydroxyl groups is 1. The van der Waals surface area contributed by atoms with Crippen molar-refractivity contribution >= 4 is 11.9 Å². The molecule has 4 aromatic carbocycles. The fourth-order valence-corrected chi connectivity index (χ4v) is 5.67. The molecule has 5 rings (SSSR count). The number of nitrogens with zero attached hydrogens (tertiary/aromatic N) is 1. The Morgan fingerprint density at radius 1 is 0.870 bits per heavy atom. The SMILES string of the molecule is CC(=O)OC(C)C(=O)NCc1cccc(-c2ccc(C3OC(CN(C)Cc4ccccc4)CC(c4ccc(CO)cc4)O3)cc2)c1. The molecule has 1 aliphatic heterocycles. The molecule has 0 bridgehead atoms. The van der Waals surface area contributed by atoms with Gasteiger partial charge in [0.15, 0.2) is 12.4 Å². The van der Waals surface area contributed by atoms with Crippen molar-refractivity contribution in [1.29, 1.82) is 0 Å². The first-order valence-electron chi connectivity index (χ1n) is 15.6. The molecule has 0 aliphatic carbocycles. The van der Waals surface area contributed by atoms with Gasteiger partial charge in [0, 0.05) is 38.5 Å². The van der Waals surface area contributed by atoms with Gasteiger partial charge in [-0.05, 0) is 53.4 Å². The van der Waals surface area contributed by atoms with E-state index in [0.717, 1.165) is 52.9 Å². The Kier molecular flexibility index (Phi) is 11.3. The van der Waals surface area contributed by atoms with E-state index in [1.165, 1.54) is 12.5 Å². The van der Waals surface area contributed by atoms with Crippen LogP contribution < -0.4 is 5.32 Å². The molecule has 240 valence electrons. The van der Waals surface area contributed by atoms with E-state index in [9.17, 15) is 14.7 Å². The number of rotatable bonds is 12. The first-order chi connectivity index (χ1) is 22.3. The number of benzene rings is 4. The lowest BCUT2D eigenvalue weighted by Crippen LogP contribution is -2.37. The Hall–Kier alpha value is -4.34. The molecular weight excluding hydrogens is 580 g/mol. The zero-order valence-corrected chi connectivity index (χ0v) is 26.6. The lowest BCUT2D eigenvalue weighted by Gasteiger charge is -2.38. The summed E-state index contributed by atoms with van der Waals surface area (Å²) in [5.74, 6) is -0.833. The van der Waals surface area contributed by atoms with Gasteiger partial charge in [0.25, 0.3) is 5.91 Å². The van der Waals surface area contributed by atoms with Crippen molar-refractivity contribution in [3.05, 3.63) is 131 Å². The molecule has 4 aromatic rings. The topological polar surface area (TPSA) is 97.3 Å². The number of hydrogen-bond acceptors (Lipinski definition) is 7. The number of amides is 1. The summed E-state index contributed by atoms with van der Waals surface area (Å²) in [6.07, 6.45) is -0.876. The predicted molar refractivity (Wildman–Crippen MR) is 176 cm³/mol. The van der Waals surface area contributed by atoms with Crippen LogP contribution in [-0.2, 0) is 43.5 Å². The number of esters is 1. The largest absolute Gasteiger partial charge is 0.453 e. The molecule has 1 aliphatic rings. The molecule has 1 fully saturated rings. The molecule has 0 saturated carbocycles. The highest BCUT2D eigenvalue weighted by molar-refractivity contribution is 5.82. The Morgan fingerprint density at radius 2 is 1.57 bits per heavy atom. The van der Waals surface area contributed by atoms with Gasteiger partial charge in [-0.25, -0.2) is 0 Å². The number of nitrogens with one attached hydrogen (secondary N) is 1. The van der Waals surface area contributed by atoms with E-state index in [2.05, 4.69) is 53.7 Å². The minimum absolute atomic E-state index is 0.00360. The molecule has 0 spiro atoms. The van der Waals surface area contributed by atoms with Crippen LogP contribution in [0.15, 0.2) is 103 Å². The fourth-order valence-electron chi connectivity index (χ4n) is 5.67. The second kappa shape index (κ2) is 15.8. The molecule has 0 radical (unpaired) electrons. The Labute approximate surface area is 270 Å². The molecule has 0 aromatic heterocycles. The van der Waals surface area contributed by atoms with Crippen LogP contribution in [-0.4, -0.2) is 47.7 Å². The maximum Gasteiger partial charge on any atom is 0.303 e. The van der Waals surface area contributed by atoms with E-state index in [0.29, 0.717) is 6.54 Å². The van der Waals surface area contributed by atoms with Crippen LogP contribution >= 0.6 is 0 Å². The Morgan fingerprint density at radius 3 is 2.26 bits per heavy atom. The van der Waals surface area contributed by atoms with Crippen molar-refractivity contribution in [2.75, 3.05) is 13.6 Å². The zero-order chi connectivity index (χ0) is 32.5. The highest BCUT2D eigenvalue weighted by Gasteiger charge is 2.32. The molecule has 1 heterocycles. The van der Waals surface area contributed by atoms with Crippen LogP contribution in [0.4, 0.5) is 0 Å². The third-order valence-corrected chi connectivity index (χ3v) is 8.05. The van der Waals surface area contributed by atoms with E-state index >= 15 is 0 Å². The second-order valence-electron chi connectivity index (χ2n) is 11.8. The zero-order valence-electron chi connectivity index (χ0n) is 26.6. The molecule has 4 atom stereocenters. The Balaban J connectivity index is 1.28. The van der Waals surface area contributed by atoms with Gasteiger partial charge < -0.3 is 24.6 Å². The molecule has 1 saturated heterocycles. The van der Waals surface area contributed by atoms with Crippen LogP contribution in [0.25, 0.3) is 11.1 Å². The van der Waals surface area contributed by atoms with Crippen LogP contribution in [0.5, 0.6) is 0 Å². The summed E-state index contributed by atoms with van der Waals surface area (Å²) in [4.78, 5) is 25.7. The number of likely N-dealkylation sites (N-methyl/N-ethyl adjacent to an activating group) is 1. The lowest BCUT2D eigenvalue weighted by atomic mass is 9.99. The van der Waals surface area contributed by atoms with Crippen LogP contribution in [0, 0.1) is 0 Å². The van der Waals surface area contributed by atoms with Gasteiger partial charge in [-0.15, -0.1) is 0 Å². The highest BCUT2D eigenvalue weighted by Crippen LogP contribution is 2.38. The smallest absolute Gasteiger partial charge is 0.303 e. The van der Waals surface area contributed by atoms with E-state index in [4.69, 9.17) is 14.2 Å². The first kappa shape index (κ1) is 33.0. The number of carbonyl (C=O) groups is 2. The van der Waals surface area contributed by atoms with Crippen LogP contribution in [0.1, 0.15) is 60.5 Å². The number of hydrogen-bond donors (Lipinski definition) is 2. The third kappa shape index (κ3) is 9.11. The number of ether oxygens (including phenoxy) is 3. The number of aliphatic hydroxyl groups excluding tert-OH is 1. The standard InChI is InChI=1S/C38H42N2O6/c1-26(44-27(2)42)37(43)39-22-30-10-7-11-34(20-30)31-16-18-33(19-17-31)38-45-35(24-40(3)23-28-8-5-4-6-9-28)21-36(46-38)32-14-12-29(25-41)13-15-32/h4-20,26,35-36,38,41H,21-25H2,1-3H3,(H,39,43). The minimum atomic E-state index is -0.846. The highest BCUT2D eigenvalue weighted by atomic mass is 16.7. The monoisotopic (exact) mass is 622 g/mol. The van der Waals surface area contributed by atoms with E-state index in [1.54, 1.807) is 6.92 Å². The summed E-state index contributed by atoms with van der Waals surface area (Å²) in [6, 6.07) is 34.5. The van der Waals surface area contributed by atoms with Crippen molar-refractivity contribution in [2.45, 2.75) is 64.6 Å². The second-order valence-corrected chi connectivity index (χ2v) is 11.8. The summed E-state index contributed by atoms with van der Waals surface area (Å²) in [5.41, 5.74) is 7.08. The van der Waals surface area contributed by atoms with Crippen molar-refractivity contribution in [3.63, 3.8) is 0 Å². The van der Waals surface area contributed by atoms with Crippen LogP contribution in [0.3, 0.4) is 0 Å². The van der Waals surface area contributed by atoms with Crippen molar-refractivity contribution in [2.24, 2.45) is 0 Å². The van der Waals surface area contributed by atoms with E-state index < -0.39 is 18.4 Å². The van der Waals surface area contributed by atoms with Gasteiger partial charge in [0.05, 0.1) is 18.8 Å². The van der Waals surface area contributed by atoms with E-state index in [-0.39, 0.29) is 24.7 Å². The number of carbonyl (C=O) groups excluding carboxylic acids is 2. The van der Waals surface area contributed by atoms with Gasteiger partial charge in [0.1, 0.15) is 0 Å². The minimum Gasteiger partial charge on any atom is -0.453 e. The third-order valence-electron chi connectivity index (χ3n) is 8.05. The molecule has 46 heavy (non-hydrogen) atoms. The van der Waals surface area contributed by atoms with Gasteiger partial charge in [-0.2, -0.15) is 0 Å². The van der Waals surface area contributed by atoms with Crippen molar-refractivity contribution in [3.8, 4) is 11.1 Å². The van der Waals surface area contributed by atoms with Gasteiger partial charge in [0.2, 0.25) is 0 Å². The first-order valence-corrected chi connectivity index (χ1v) is 15.6. The van der Waals surface area contributed by atoms with E-state index in [1.807, 2.05) is 66.7 Å².